The maximum absolute atomic E-state index is 14.2. The lowest BCUT2D eigenvalue weighted by molar-refractivity contribution is -0.125. The monoisotopic (exact) mass is 476 g/mol. The van der Waals surface area contributed by atoms with Crippen molar-refractivity contribution in [1.82, 2.24) is 9.62 Å². The normalized spacial score (nSPS) is 21.2. The fraction of sp³-hybridized carbons (Fsp3) is 0.696. The first-order valence-corrected chi connectivity index (χ1v) is 12.5. The summed E-state index contributed by atoms with van der Waals surface area (Å²) in [6.07, 6.45) is 9.75. The van der Waals surface area contributed by atoms with E-state index in [0.29, 0.717) is 19.4 Å². The minimum absolute atomic E-state index is 0. The fourth-order valence-electron chi connectivity index (χ4n) is 4.38. The zero-order chi connectivity index (χ0) is 20.9. The summed E-state index contributed by atoms with van der Waals surface area (Å²) in [7, 11) is -4.03. The molecule has 1 unspecified atom stereocenters. The van der Waals surface area contributed by atoms with Crippen molar-refractivity contribution in [1.29, 1.82) is 0 Å². The number of benzene rings is 1. The Morgan fingerprint density at radius 3 is 2.32 bits per heavy atom. The molecule has 2 fully saturated rings. The summed E-state index contributed by atoms with van der Waals surface area (Å²) in [6, 6.07) is 3.19. The van der Waals surface area contributed by atoms with Gasteiger partial charge in [0.1, 0.15) is 10.7 Å². The summed E-state index contributed by atoms with van der Waals surface area (Å²) in [5.41, 5.74) is 0. The zero-order valence-electron chi connectivity index (χ0n) is 16.7. The molecule has 0 spiro atoms. The van der Waals surface area contributed by atoms with Crippen molar-refractivity contribution in [2.75, 3.05) is 13.1 Å². The van der Waals surface area contributed by atoms with E-state index in [1.54, 1.807) is 0 Å². The second-order valence-corrected chi connectivity index (χ2v) is 10.4. The number of nitrogens with zero attached hydrogens (tertiary/aromatic N) is 1. The van der Waals surface area contributed by atoms with Crippen LogP contribution in [-0.4, -0.2) is 37.8 Å². The van der Waals surface area contributed by atoms with Crippen LogP contribution >= 0.6 is 11.6 Å². The molecule has 1 saturated heterocycles. The molecule has 5 nitrogen and oxygen atoms in total. The molecule has 1 heterocycles. The van der Waals surface area contributed by atoms with E-state index in [0.717, 1.165) is 44.2 Å². The molecule has 1 aliphatic carbocycles. The number of nitrogens with one attached hydrogen (secondary N) is 1. The van der Waals surface area contributed by atoms with Crippen molar-refractivity contribution in [3.8, 4) is 0 Å². The van der Waals surface area contributed by atoms with Crippen LogP contribution in [0.2, 0.25) is 5.02 Å². The first kappa shape index (κ1) is 27.9. The van der Waals surface area contributed by atoms with E-state index in [4.69, 9.17) is 11.6 Å². The second kappa shape index (κ2) is 12.8. The Morgan fingerprint density at radius 2 is 1.65 bits per heavy atom. The number of carbonyl (C=O) groups is 1. The lowest BCUT2D eigenvalue weighted by atomic mass is 9.90. The van der Waals surface area contributed by atoms with Gasteiger partial charge in [0.25, 0.3) is 0 Å². The fourth-order valence-corrected chi connectivity index (χ4v) is 6.40. The number of sulfonamides is 1. The largest absolute Gasteiger partial charge is 0.354 e. The van der Waals surface area contributed by atoms with Gasteiger partial charge in [-0.05, 0) is 43.9 Å². The molecule has 1 amide bonds. The molecule has 2 aliphatic rings. The van der Waals surface area contributed by atoms with Crippen LogP contribution in [0.4, 0.5) is 4.39 Å². The van der Waals surface area contributed by atoms with Crippen molar-refractivity contribution >= 4 is 27.5 Å². The van der Waals surface area contributed by atoms with Crippen LogP contribution in [0.25, 0.3) is 0 Å². The highest BCUT2D eigenvalue weighted by Crippen LogP contribution is 2.29. The van der Waals surface area contributed by atoms with Crippen LogP contribution in [0, 0.1) is 11.7 Å². The average molecular weight is 477 g/mol. The second-order valence-electron chi connectivity index (χ2n) is 8.13. The van der Waals surface area contributed by atoms with Crippen LogP contribution in [0.5, 0.6) is 0 Å². The predicted octanol–water partition coefficient (Wildman–Crippen LogP) is 5.77. The van der Waals surface area contributed by atoms with Gasteiger partial charge in [0.15, 0.2) is 0 Å². The highest BCUT2D eigenvalue weighted by Gasteiger charge is 2.35. The number of hydrogen-bond acceptors (Lipinski definition) is 3. The topological polar surface area (TPSA) is 66.5 Å². The van der Waals surface area contributed by atoms with Gasteiger partial charge in [0.2, 0.25) is 15.9 Å². The number of halogens is 2. The van der Waals surface area contributed by atoms with Gasteiger partial charge in [0, 0.05) is 30.1 Å². The van der Waals surface area contributed by atoms with Gasteiger partial charge in [-0.2, -0.15) is 4.31 Å². The molecular weight excluding hydrogens is 439 g/mol. The molecule has 3 rings (SSSR count). The Balaban J connectivity index is 0.00000240. The van der Waals surface area contributed by atoms with Crippen LogP contribution in [0.15, 0.2) is 23.1 Å². The van der Waals surface area contributed by atoms with Gasteiger partial charge in [0.05, 0.1) is 0 Å². The van der Waals surface area contributed by atoms with Crippen LogP contribution in [-0.2, 0) is 14.8 Å². The van der Waals surface area contributed by atoms with Crippen molar-refractivity contribution in [3.05, 3.63) is 29.0 Å². The number of carbonyl (C=O) groups excluding carboxylic acids is 1. The molecule has 0 aromatic heterocycles. The van der Waals surface area contributed by atoms with Gasteiger partial charge in [-0.25, -0.2) is 12.8 Å². The van der Waals surface area contributed by atoms with Crippen LogP contribution in [0.3, 0.4) is 0 Å². The highest BCUT2D eigenvalue weighted by molar-refractivity contribution is 7.89. The summed E-state index contributed by atoms with van der Waals surface area (Å²) in [5, 5.41) is 3.16. The van der Waals surface area contributed by atoms with E-state index in [9.17, 15) is 17.6 Å². The third-order valence-electron chi connectivity index (χ3n) is 6.04. The van der Waals surface area contributed by atoms with Crippen molar-refractivity contribution < 1.29 is 17.6 Å². The van der Waals surface area contributed by atoms with E-state index >= 15 is 0 Å². The first-order chi connectivity index (χ1) is 13.9. The molecule has 0 radical (unpaired) electrons. The maximum atomic E-state index is 14.2. The van der Waals surface area contributed by atoms with Crippen molar-refractivity contribution in [2.24, 2.45) is 5.92 Å². The van der Waals surface area contributed by atoms with Gasteiger partial charge in [-0.15, -0.1) is 0 Å². The van der Waals surface area contributed by atoms with Crippen molar-refractivity contribution in [3.63, 3.8) is 0 Å². The number of amides is 1. The smallest absolute Gasteiger partial charge is 0.246 e. The minimum atomic E-state index is -4.03. The van der Waals surface area contributed by atoms with Gasteiger partial charge in [-0.3, -0.25) is 4.79 Å². The Labute approximate surface area is 192 Å². The Bertz CT molecular complexity index is 811. The SMILES string of the molecule is C.C.O=C(NCC1CCCCN1S(=O)(=O)c1cc(Cl)ccc1F)C1CCCCCCC1. The molecule has 8 heteroatoms. The Hall–Kier alpha value is -1.18. The minimum Gasteiger partial charge on any atom is -0.354 e. The van der Waals surface area contributed by atoms with E-state index in [1.165, 1.54) is 29.6 Å². The standard InChI is InChI=1S/C21H30ClFN2O3S.2CH4/c22-17-11-12-19(23)20(14-17)29(27,28)25-13-7-6-10-18(25)15-24-21(26)16-8-4-2-1-3-5-9-16;;/h11-12,14,16,18H,1-10,13,15H2,(H,24,26);2*1H4. The summed E-state index contributed by atoms with van der Waals surface area (Å²) in [4.78, 5) is 12.3. The molecule has 1 aromatic rings. The van der Waals surface area contributed by atoms with E-state index in [1.807, 2.05) is 0 Å². The summed E-state index contributed by atoms with van der Waals surface area (Å²) in [5.74, 6) is -0.782. The molecule has 31 heavy (non-hydrogen) atoms. The summed E-state index contributed by atoms with van der Waals surface area (Å²) < 4.78 is 41.8. The average Bonchev–Trinajstić information content (AvgIpc) is 2.68. The number of hydrogen-bond donors (Lipinski definition) is 1. The van der Waals surface area contributed by atoms with Gasteiger partial charge >= 0.3 is 0 Å². The predicted molar refractivity (Wildman–Crippen MR) is 125 cm³/mol. The Kier molecular flexibility index (Phi) is 11.5. The van der Waals surface area contributed by atoms with Crippen LogP contribution in [0.1, 0.15) is 79.1 Å². The molecule has 1 saturated carbocycles. The van der Waals surface area contributed by atoms with E-state index in [-0.39, 0.29) is 44.3 Å². The number of piperidine rings is 1. The lowest BCUT2D eigenvalue weighted by Crippen LogP contribution is -2.50. The van der Waals surface area contributed by atoms with Crippen molar-refractivity contribution in [2.45, 2.75) is 90.0 Å². The number of rotatable bonds is 5. The molecule has 1 aliphatic heterocycles. The quantitative estimate of drug-likeness (QED) is 0.586. The van der Waals surface area contributed by atoms with Gasteiger partial charge < -0.3 is 5.32 Å². The third kappa shape index (κ3) is 7.16. The molecule has 1 atom stereocenters. The Morgan fingerprint density at radius 1 is 1.03 bits per heavy atom. The highest BCUT2D eigenvalue weighted by atomic mass is 35.5. The molecule has 0 bridgehead atoms. The molecule has 178 valence electrons. The van der Waals surface area contributed by atoms with Crippen LogP contribution < -0.4 is 5.32 Å². The van der Waals surface area contributed by atoms with Gasteiger partial charge in [-0.1, -0.05) is 65.0 Å². The first-order valence-electron chi connectivity index (χ1n) is 10.6. The molecule has 1 N–H and O–H groups in total. The lowest BCUT2D eigenvalue weighted by Gasteiger charge is -2.35. The zero-order valence-corrected chi connectivity index (χ0v) is 18.3. The third-order valence-corrected chi connectivity index (χ3v) is 8.24. The maximum Gasteiger partial charge on any atom is 0.246 e. The van der Waals surface area contributed by atoms with E-state index < -0.39 is 20.7 Å². The molecular formula is C23H38ClFN2O3S. The van der Waals surface area contributed by atoms with E-state index in [2.05, 4.69) is 5.32 Å². The summed E-state index contributed by atoms with van der Waals surface area (Å²) >= 11 is 5.91. The molecule has 1 aromatic carbocycles. The summed E-state index contributed by atoms with van der Waals surface area (Å²) in [6.45, 7) is 0.578.